The summed E-state index contributed by atoms with van der Waals surface area (Å²) in [5.74, 6) is 0. The molecule has 0 radical (unpaired) electrons. The van der Waals surface area contributed by atoms with Gasteiger partial charge < -0.3 is 10.1 Å². The first-order valence-corrected chi connectivity index (χ1v) is 6.42. The lowest BCUT2D eigenvalue weighted by atomic mass is 10.2. The summed E-state index contributed by atoms with van der Waals surface area (Å²) in [6.07, 6.45) is 2.32. The minimum absolute atomic E-state index is 0.445. The van der Waals surface area contributed by atoms with Crippen LogP contribution in [0.5, 0.6) is 0 Å². The van der Waals surface area contributed by atoms with E-state index in [0.717, 1.165) is 23.9 Å². The van der Waals surface area contributed by atoms with Gasteiger partial charge in [-0.3, -0.25) is 0 Å². The Morgan fingerprint density at radius 1 is 1.53 bits per heavy atom. The van der Waals surface area contributed by atoms with Crippen molar-refractivity contribution in [3.63, 3.8) is 0 Å². The number of thiophene rings is 1. The zero-order valence-electron chi connectivity index (χ0n) is 9.25. The molecule has 0 saturated heterocycles. The minimum Gasteiger partial charge on any atom is -0.383 e. The van der Waals surface area contributed by atoms with Crippen LogP contribution in [0.15, 0.2) is 12.1 Å². The summed E-state index contributed by atoms with van der Waals surface area (Å²) in [5, 5.41) is 3.48. The first-order valence-electron chi connectivity index (χ1n) is 5.22. The normalized spacial score (nSPS) is 13.0. The van der Waals surface area contributed by atoms with Crippen molar-refractivity contribution in [2.45, 2.75) is 32.4 Å². The Morgan fingerprint density at radius 2 is 2.33 bits per heavy atom. The van der Waals surface area contributed by atoms with Gasteiger partial charge >= 0.3 is 0 Å². The standard InChI is InChI=1S/C11H18ClNOS/c1-3-4-9(8-14-2)13-7-10-5-6-11(12)15-10/h5-6,9,13H,3-4,7-8H2,1-2H3. The Labute approximate surface area is 101 Å². The molecular weight excluding hydrogens is 230 g/mol. The lowest BCUT2D eigenvalue weighted by molar-refractivity contribution is 0.161. The van der Waals surface area contributed by atoms with Crippen LogP contribution in [0, 0.1) is 0 Å². The molecule has 0 bridgehead atoms. The van der Waals surface area contributed by atoms with Crippen LogP contribution in [0.25, 0.3) is 0 Å². The number of ether oxygens (including phenoxy) is 1. The van der Waals surface area contributed by atoms with Crippen LogP contribution >= 0.6 is 22.9 Å². The maximum absolute atomic E-state index is 5.86. The molecule has 4 heteroatoms. The summed E-state index contributed by atoms with van der Waals surface area (Å²) in [5.41, 5.74) is 0. The van der Waals surface area contributed by atoms with Crippen molar-refractivity contribution < 1.29 is 4.74 Å². The van der Waals surface area contributed by atoms with Crippen LogP contribution in [-0.4, -0.2) is 19.8 Å². The zero-order valence-corrected chi connectivity index (χ0v) is 10.8. The van der Waals surface area contributed by atoms with Crippen molar-refractivity contribution in [3.05, 3.63) is 21.3 Å². The minimum atomic E-state index is 0.445. The summed E-state index contributed by atoms with van der Waals surface area (Å²) in [6.45, 7) is 3.84. The Balaban J connectivity index is 2.32. The van der Waals surface area contributed by atoms with Crippen molar-refractivity contribution in [2.24, 2.45) is 0 Å². The molecule has 0 aliphatic heterocycles. The molecule has 0 aromatic carbocycles. The van der Waals surface area contributed by atoms with Gasteiger partial charge in [-0.15, -0.1) is 11.3 Å². The van der Waals surface area contributed by atoms with E-state index in [4.69, 9.17) is 16.3 Å². The molecule has 15 heavy (non-hydrogen) atoms. The van der Waals surface area contributed by atoms with Gasteiger partial charge in [-0.2, -0.15) is 0 Å². The van der Waals surface area contributed by atoms with E-state index in [-0.39, 0.29) is 0 Å². The third-order valence-corrected chi connectivity index (χ3v) is 3.43. The molecule has 1 N–H and O–H groups in total. The highest BCUT2D eigenvalue weighted by atomic mass is 35.5. The Bertz CT molecular complexity index is 271. The van der Waals surface area contributed by atoms with Crippen molar-refractivity contribution in [1.29, 1.82) is 0 Å². The topological polar surface area (TPSA) is 21.3 Å². The van der Waals surface area contributed by atoms with Crippen LogP contribution in [0.3, 0.4) is 0 Å². The first-order chi connectivity index (χ1) is 7.26. The maximum Gasteiger partial charge on any atom is 0.0931 e. The van der Waals surface area contributed by atoms with E-state index in [1.807, 2.05) is 6.07 Å². The molecule has 1 aromatic rings. The third kappa shape index (κ3) is 4.98. The van der Waals surface area contributed by atoms with Gasteiger partial charge in [0.25, 0.3) is 0 Å². The highest BCUT2D eigenvalue weighted by Gasteiger charge is 2.07. The van der Waals surface area contributed by atoms with Crippen LogP contribution in [-0.2, 0) is 11.3 Å². The molecule has 0 aliphatic rings. The molecule has 0 aliphatic carbocycles. The lowest BCUT2D eigenvalue weighted by Gasteiger charge is -2.16. The van der Waals surface area contributed by atoms with E-state index < -0.39 is 0 Å². The van der Waals surface area contributed by atoms with Crippen LogP contribution in [0.2, 0.25) is 4.34 Å². The average molecular weight is 248 g/mol. The molecule has 0 amide bonds. The predicted molar refractivity (Wildman–Crippen MR) is 66.7 cm³/mol. The highest BCUT2D eigenvalue weighted by Crippen LogP contribution is 2.21. The molecule has 1 atom stereocenters. The fourth-order valence-corrected chi connectivity index (χ4v) is 2.52. The second-order valence-corrected chi connectivity index (χ2v) is 5.33. The molecule has 1 aromatic heterocycles. The molecule has 1 unspecified atom stereocenters. The quantitative estimate of drug-likeness (QED) is 0.798. The monoisotopic (exact) mass is 247 g/mol. The van der Waals surface area contributed by atoms with Gasteiger partial charge in [0.2, 0.25) is 0 Å². The summed E-state index contributed by atoms with van der Waals surface area (Å²) < 4.78 is 6.02. The zero-order chi connectivity index (χ0) is 11.1. The van der Waals surface area contributed by atoms with Crippen molar-refractivity contribution in [1.82, 2.24) is 5.32 Å². The first kappa shape index (κ1) is 13.0. The van der Waals surface area contributed by atoms with E-state index in [0.29, 0.717) is 6.04 Å². The van der Waals surface area contributed by atoms with E-state index in [2.05, 4.69) is 18.3 Å². The van der Waals surface area contributed by atoms with Crippen molar-refractivity contribution >= 4 is 22.9 Å². The molecule has 1 heterocycles. The Morgan fingerprint density at radius 3 is 2.87 bits per heavy atom. The van der Waals surface area contributed by atoms with Crippen LogP contribution in [0.1, 0.15) is 24.6 Å². The molecule has 2 nitrogen and oxygen atoms in total. The fourth-order valence-electron chi connectivity index (χ4n) is 1.49. The van der Waals surface area contributed by atoms with Gasteiger partial charge in [-0.25, -0.2) is 0 Å². The van der Waals surface area contributed by atoms with E-state index in [1.54, 1.807) is 18.4 Å². The van der Waals surface area contributed by atoms with Crippen molar-refractivity contribution in [2.75, 3.05) is 13.7 Å². The van der Waals surface area contributed by atoms with Gasteiger partial charge in [-0.1, -0.05) is 24.9 Å². The van der Waals surface area contributed by atoms with Crippen LogP contribution in [0.4, 0.5) is 0 Å². The van der Waals surface area contributed by atoms with Crippen LogP contribution < -0.4 is 5.32 Å². The number of hydrogen-bond donors (Lipinski definition) is 1. The van der Waals surface area contributed by atoms with Gasteiger partial charge in [-0.05, 0) is 18.6 Å². The Hall–Kier alpha value is -0.0900. The molecular formula is C11H18ClNOS. The fraction of sp³-hybridized carbons (Fsp3) is 0.636. The summed E-state index contributed by atoms with van der Waals surface area (Å²) in [7, 11) is 1.74. The highest BCUT2D eigenvalue weighted by molar-refractivity contribution is 7.16. The number of hydrogen-bond acceptors (Lipinski definition) is 3. The predicted octanol–water partition coefficient (Wildman–Crippen LogP) is 3.31. The maximum atomic E-state index is 5.86. The van der Waals surface area contributed by atoms with E-state index in [1.165, 1.54) is 11.3 Å². The van der Waals surface area contributed by atoms with Gasteiger partial charge in [0.1, 0.15) is 0 Å². The van der Waals surface area contributed by atoms with Gasteiger partial charge in [0, 0.05) is 24.6 Å². The molecule has 0 spiro atoms. The largest absolute Gasteiger partial charge is 0.383 e. The summed E-state index contributed by atoms with van der Waals surface area (Å²) >= 11 is 7.49. The third-order valence-electron chi connectivity index (χ3n) is 2.20. The summed E-state index contributed by atoms with van der Waals surface area (Å²) in [4.78, 5) is 1.28. The lowest BCUT2D eigenvalue weighted by Crippen LogP contribution is -2.32. The second-order valence-electron chi connectivity index (χ2n) is 3.53. The molecule has 1 rings (SSSR count). The van der Waals surface area contributed by atoms with E-state index in [9.17, 15) is 0 Å². The Kier molecular flexibility index (Phi) is 6.25. The van der Waals surface area contributed by atoms with E-state index >= 15 is 0 Å². The average Bonchev–Trinajstić information content (AvgIpc) is 2.61. The van der Waals surface area contributed by atoms with Gasteiger partial charge in [0.15, 0.2) is 0 Å². The molecule has 0 fully saturated rings. The number of nitrogens with one attached hydrogen (secondary N) is 1. The smallest absolute Gasteiger partial charge is 0.0931 e. The SMILES string of the molecule is CCCC(COC)NCc1ccc(Cl)s1. The molecule has 86 valence electrons. The number of rotatable bonds is 7. The molecule has 0 saturated carbocycles. The number of methoxy groups -OCH3 is 1. The number of halogens is 1. The second kappa shape index (κ2) is 7.23. The van der Waals surface area contributed by atoms with Gasteiger partial charge in [0.05, 0.1) is 10.9 Å². The van der Waals surface area contributed by atoms with Crippen molar-refractivity contribution in [3.8, 4) is 0 Å². The summed E-state index contributed by atoms with van der Waals surface area (Å²) in [6, 6.07) is 4.45.